The summed E-state index contributed by atoms with van der Waals surface area (Å²) in [5.74, 6) is 2.60. The molecule has 3 saturated carbocycles. The monoisotopic (exact) mass is 1090 g/mol. The summed E-state index contributed by atoms with van der Waals surface area (Å²) in [6.45, 7) is 0. The summed E-state index contributed by atoms with van der Waals surface area (Å²) >= 11 is 0. The van der Waals surface area contributed by atoms with Gasteiger partial charge in [-0.3, -0.25) is 29.9 Å². The van der Waals surface area contributed by atoms with E-state index in [4.69, 9.17) is 29.9 Å². The van der Waals surface area contributed by atoms with E-state index in [2.05, 4.69) is 200 Å². The molecule has 84 heavy (non-hydrogen) atoms. The van der Waals surface area contributed by atoms with Crippen LogP contribution in [0.1, 0.15) is 161 Å². The third-order valence-electron chi connectivity index (χ3n) is 20.2. The van der Waals surface area contributed by atoms with Gasteiger partial charge in [0.15, 0.2) is 0 Å². The maximum Gasteiger partial charge on any atom is 0.0736 e. The van der Waals surface area contributed by atoms with Crippen molar-refractivity contribution in [3.8, 4) is 0 Å². The fourth-order valence-electron chi connectivity index (χ4n) is 16.5. The maximum absolute atomic E-state index is 5.13. The standard InChI is InChI=1S/C78H66N6/c1-13-49-19-7-31-79-73(49)67(25-1)61-40-58(41-62(46-61)68-26-2-14-50-20-8-32-80-74(50)68)55-37-56(59-42-63(69-27-3-15-51-21-9-33-81-75(51)69)47-64(43-59)70-28-4-16-52-22-10-34-82-76(52)70)39-57(38-55)60-44-65(71-29-5-17-53-23-11-35-83-77(53)71)48-66(45-60)72-30-6-18-54-24-12-36-84-78(54)72/h1-39,58-66H,40-48H2. The van der Waals surface area contributed by atoms with Crippen LogP contribution in [0.15, 0.2) is 237 Å². The lowest BCUT2D eigenvalue weighted by molar-refractivity contribution is 0.342. The van der Waals surface area contributed by atoms with Crippen LogP contribution in [0.4, 0.5) is 0 Å². The Hall–Kier alpha value is -9.00. The lowest BCUT2D eigenvalue weighted by Gasteiger charge is -2.40. The van der Waals surface area contributed by atoms with Crippen LogP contribution in [0.3, 0.4) is 0 Å². The number of para-hydroxylation sites is 6. The average Bonchev–Trinajstić information content (AvgIpc) is 2.31. The Kier molecular flexibility index (Phi) is 13.1. The van der Waals surface area contributed by atoms with E-state index in [1.54, 1.807) is 0 Å². The number of nitrogens with zero attached hydrogens (tertiary/aromatic N) is 6. The van der Waals surface area contributed by atoms with Gasteiger partial charge in [0, 0.05) is 69.5 Å². The molecule has 0 radical (unpaired) electrons. The van der Waals surface area contributed by atoms with Crippen LogP contribution in [0, 0.1) is 0 Å². The number of aromatic nitrogens is 6. The van der Waals surface area contributed by atoms with E-state index >= 15 is 0 Å². The minimum absolute atomic E-state index is 0.282. The Bertz CT molecular complexity index is 3840. The van der Waals surface area contributed by atoms with Gasteiger partial charge in [-0.2, -0.15) is 0 Å². The van der Waals surface area contributed by atoms with Crippen LogP contribution in [0.25, 0.3) is 65.4 Å². The highest BCUT2D eigenvalue weighted by Crippen LogP contribution is 2.56. The summed E-state index contributed by atoms with van der Waals surface area (Å²) in [7, 11) is 0. The highest BCUT2D eigenvalue weighted by Gasteiger charge is 2.39. The normalized spacial score (nSPS) is 22.9. The molecule has 6 unspecified atom stereocenters. The van der Waals surface area contributed by atoms with E-state index in [9.17, 15) is 0 Å². The maximum atomic E-state index is 5.13. The first kappa shape index (κ1) is 50.7. The Morgan fingerprint density at radius 2 is 0.357 bits per heavy atom. The molecule has 13 aromatic rings. The van der Waals surface area contributed by atoms with Crippen molar-refractivity contribution in [3.63, 3.8) is 0 Å². The molecule has 3 aliphatic carbocycles. The molecule has 3 fully saturated rings. The molecule has 16 rings (SSSR count). The number of benzene rings is 7. The first-order chi connectivity index (χ1) is 41.6. The Labute approximate surface area is 491 Å². The van der Waals surface area contributed by atoms with Crippen molar-refractivity contribution in [3.05, 3.63) is 287 Å². The van der Waals surface area contributed by atoms with Crippen LogP contribution in [0.5, 0.6) is 0 Å². The van der Waals surface area contributed by atoms with Crippen LogP contribution in [0.2, 0.25) is 0 Å². The van der Waals surface area contributed by atoms with Crippen molar-refractivity contribution in [2.45, 2.75) is 111 Å². The summed E-state index contributed by atoms with van der Waals surface area (Å²) in [6, 6.07) is 75.2. The number of fused-ring (bicyclic) bond motifs is 6. The zero-order valence-corrected chi connectivity index (χ0v) is 47.3. The topological polar surface area (TPSA) is 77.3 Å². The fourth-order valence-corrected chi connectivity index (χ4v) is 16.5. The van der Waals surface area contributed by atoms with Gasteiger partial charge >= 0.3 is 0 Å². The van der Waals surface area contributed by atoms with E-state index in [1.165, 1.54) is 82.4 Å². The molecule has 0 aliphatic heterocycles. The smallest absolute Gasteiger partial charge is 0.0736 e. The molecule has 6 nitrogen and oxygen atoms in total. The summed E-state index contributed by atoms with van der Waals surface area (Å²) in [4.78, 5) is 30.8. The molecule has 0 N–H and O–H groups in total. The molecular weight excluding hydrogens is 1020 g/mol. The Morgan fingerprint density at radius 3 is 0.548 bits per heavy atom. The predicted molar refractivity (Wildman–Crippen MR) is 343 cm³/mol. The second-order valence-corrected chi connectivity index (χ2v) is 24.9. The number of rotatable bonds is 9. The van der Waals surface area contributed by atoms with E-state index in [0.29, 0.717) is 35.5 Å². The van der Waals surface area contributed by atoms with Gasteiger partial charge in [-0.1, -0.05) is 164 Å². The Morgan fingerprint density at radius 1 is 0.190 bits per heavy atom. The minimum Gasteiger partial charge on any atom is -0.256 e. The molecule has 0 amide bonds. The van der Waals surface area contributed by atoms with Crippen LogP contribution < -0.4 is 0 Å². The number of hydrogen-bond donors (Lipinski definition) is 0. The molecular formula is C78H66N6. The van der Waals surface area contributed by atoms with Gasteiger partial charge in [0.05, 0.1) is 33.1 Å². The average molecular weight is 1090 g/mol. The zero-order chi connectivity index (χ0) is 55.5. The molecule has 0 saturated heterocycles. The van der Waals surface area contributed by atoms with Gasteiger partial charge < -0.3 is 0 Å². The van der Waals surface area contributed by atoms with Gasteiger partial charge in [0.2, 0.25) is 0 Å². The summed E-state index contributed by atoms with van der Waals surface area (Å²) in [5.41, 5.74) is 19.4. The molecule has 6 heterocycles. The van der Waals surface area contributed by atoms with Gasteiger partial charge in [0.25, 0.3) is 0 Å². The van der Waals surface area contributed by atoms with Crippen molar-refractivity contribution in [2.75, 3.05) is 0 Å². The third kappa shape index (κ3) is 9.37. The highest BCUT2D eigenvalue weighted by atomic mass is 14.7. The lowest BCUT2D eigenvalue weighted by Crippen LogP contribution is -2.23. The highest BCUT2D eigenvalue weighted by molar-refractivity contribution is 5.86. The minimum atomic E-state index is 0.282. The summed E-state index contributed by atoms with van der Waals surface area (Å²) < 4.78 is 0. The third-order valence-corrected chi connectivity index (χ3v) is 20.2. The summed E-state index contributed by atoms with van der Waals surface area (Å²) in [6.07, 6.45) is 21.3. The number of pyridine rings is 6. The predicted octanol–water partition coefficient (Wildman–Crippen LogP) is 19.5. The van der Waals surface area contributed by atoms with Crippen molar-refractivity contribution in [1.29, 1.82) is 0 Å². The van der Waals surface area contributed by atoms with Crippen LogP contribution in [-0.2, 0) is 0 Å². The second kappa shape index (κ2) is 21.6. The first-order valence-electron chi connectivity index (χ1n) is 30.8. The molecule has 6 atom stereocenters. The van der Waals surface area contributed by atoms with E-state index in [1.807, 2.05) is 37.2 Å². The van der Waals surface area contributed by atoms with Crippen molar-refractivity contribution >= 4 is 65.4 Å². The molecule has 7 aromatic carbocycles. The van der Waals surface area contributed by atoms with Crippen molar-refractivity contribution < 1.29 is 0 Å². The molecule has 0 spiro atoms. The Balaban J connectivity index is 0.887. The van der Waals surface area contributed by atoms with Gasteiger partial charge in [0.1, 0.15) is 0 Å². The quantitative estimate of drug-likeness (QED) is 0.143. The SMILES string of the molecule is c1cnc2c(C3CC(c4cc(C5CC(c6cccc7cccnc67)CC(c6cccc7cccnc67)C5)cc(C5CC(c6cccc7cccnc67)CC(c6cccc7cccnc67)C5)c4)CC(c4cccc5cccnc45)C3)cccc2c1. The first-order valence-corrected chi connectivity index (χ1v) is 30.8. The van der Waals surface area contributed by atoms with Gasteiger partial charge in [-0.25, -0.2) is 0 Å². The second-order valence-electron chi connectivity index (χ2n) is 24.9. The van der Waals surface area contributed by atoms with E-state index < -0.39 is 0 Å². The lowest BCUT2D eigenvalue weighted by atomic mass is 9.64. The van der Waals surface area contributed by atoms with Crippen molar-refractivity contribution in [1.82, 2.24) is 29.9 Å². The van der Waals surface area contributed by atoms with Gasteiger partial charge in [-0.05, 0) is 198 Å². The largest absolute Gasteiger partial charge is 0.256 e. The van der Waals surface area contributed by atoms with E-state index in [-0.39, 0.29) is 17.8 Å². The molecule has 6 heteroatoms. The van der Waals surface area contributed by atoms with Crippen LogP contribution in [-0.4, -0.2) is 29.9 Å². The number of hydrogen-bond acceptors (Lipinski definition) is 6. The molecule has 3 aliphatic rings. The molecule has 6 aromatic heterocycles. The van der Waals surface area contributed by atoms with Gasteiger partial charge in [-0.15, -0.1) is 0 Å². The fraction of sp³-hybridized carbons (Fsp3) is 0.231. The van der Waals surface area contributed by atoms with Crippen LogP contribution >= 0.6 is 0 Å². The zero-order valence-electron chi connectivity index (χ0n) is 47.3. The summed E-state index contributed by atoms with van der Waals surface area (Å²) in [5, 5.41) is 7.24. The molecule has 0 bridgehead atoms. The van der Waals surface area contributed by atoms with E-state index in [0.717, 1.165) is 90.9 Å². The molecule has 408 valence electrons. The van der Waals surface area contributed by atoms with Crippen molar-refractivity contribution in [2.24, 2.45) is 0 Å².